The van der Waals surface area contributed by atoms with Crippen LogP contribution < -0.4 is 4.90 Å². The highest BCUT2D eigenvalue weighted by Crippen LogP contribution is 2.28. The van der Waals surface area contributed by atoms with Gasteiger partial charge in [-0.1, -0.05) is 0 Å². The number of hydrogen-bond donors (Lipinski definition) is 0. The van der Waals surface area contributed by atoms with Crippen molar-refractivity contribution in [3.8, 4) is 0 Å². The second-order valence-electron chi connectivity index (χ2n) is 4.35. The lowest BCUT2D eigenvalue weighted by Gasteiger charge is -2.25. The number of hydrogen-bond acceptors (Lipinski definition) is 2. The molecule has 0 spiro atoms. The number of carbonyl (C=O) groups is 1. The van der Waals surface area contributed by atoms with Gasteiger partial charge in [0.2, 0.25) is 0 Å². The van der Waals surface area contributed by atoms with Gasteiger partial charge in [0, 0.05) is 23.8 Å². The molecule has 0 aromatic heterocycles. The molecule has 1 aromatic carbocycles. The lowest BCUT2D eigenvalue weighted by atomic mass is 10.1. The molecule has 15 heavy (non-hydrogen) atoms. The molecule has 0 amide bonds. The Balaban J connectivity index is 2.32. The molecule has 2 heteroatoms. The van der Waals surface area contributed by atoms with Crippen LogP contribution in [0.15, 0.2) is 18.2 Å². The Bertz CT molecular complexity index is 373. The first-order valence-corrected chi connectivity index (χ1v) is 5.55. The van der Waals surface area contributed by atoms with Gasteiger partial charge in [0.25, 0.3) is 0 Å². The number of aryl methyl sites for hydroxylation is 1. The molecule has 80 valence electrons. The third-order valence-electron chi connectivity index (χ3n) is 3.22. The molecule has 0 radical (unpaired) electrons. The van der Waals surface area contributed by atoms with E-state index < -0.39 is 0 Å². The molecule has 1 saturated heterocycles. The van der Waals surface area contributed by atoms with Gasteiger partial charge in [0.15, 0.2) is 0 Å². The molecular weight excluding hydrogens is 186 g/mol. The van der Waals surface area contributed by atoms with Gasteiger partial charge in [-0.15, -0.1) is 0 Å². The van der Waals surface area contributed by atoms with E-state index in [9.17, 15) is 4.79 Å². The van der Waals surface area contributed by atoms with Crippen molar-refractivity contribution in [1.82, 2.24) is 0 Å². The summed E-state index contributed by atoms with van der Waals surface area (Å²) in [5, 5.41) is 0. The highest BCUT2D eigenvalue weighted by molar-refractivity contribution is 5.77. The average molecular weight is 203 g/mol. The Morgan fingerprint density at radius 3 is 2.80 bits per heavy atom. The van der Waals surface area contributed by atoms with E-state index in [2.05, 4.69) is 24.8 Å². The van der Waals surface area contributed by atoms with Crippen LogP contribution >= 0.6 is 0 Å². The fourth-order valence-electron chi connectivity index (χ4n) is 2.37. The van der Waals surface area contributed by atoms with E-state index in [1.165, 1.54) is 24.1 Å². The zero-order chi connectivity index (χ0) is 10.8. The summed E-state index contributed by atoms with van der Waals surface area (Å²) in [6.45, 7) is 5.48. The van der Waals surface area contributed by atoms with Crippen LogP contribution in [-0.4, -0.2) is 18.9 Å². The molecule has 2 rings (SSSR count). The number of aldehydes is 1. The van der Waals surface area contributed by atoms with Crippen LogP contribution in [0.2, 0.25) is 0 Å². The van der Waals surface area contributed by atoms with Gasteiger partial charge in [-0.2, -0.15) is 0 Å². The molecule has 1 atom stereocenters. The van der Waals surface area contributed by atoms with Gasteiger partial charge < -0.3 is 4.90 Å². The standard InChI is InChI=1S/C13H17NO/c1-10-8-12(9-15)5-6-13(10)14-7-3-4-11(14)2/h5-6,8-9,11H,3-4,7H2,1-2H3. The van der Waals surface area contributed by atoms with Crippen LogP contribution in [0.1, 0.15) is 35.7 Å². The minimum absolute atomic E-state index is 0.630. The first-order valence-electron chi connectivity index (χ1n) is 5.55. The highest BCUT2D eigenvalue weighted by Gasteiger charge is 2.21. The van der Waals surface area contributed by atoms with Crippen molar-refractivity contribution >= 4 is 12.0 Å². The molecule has 1 unspecified atom stereocenters. The second-order valence-corrected chi connectivity index (χ2v) is 4.35. The SMILES string of the molecule is Cc1cc(C=O)ccc1N1CCCC1C. The average Bonchev–Trinajstić information content (AvgIpc) is 2.64. The Morgan fingerprint density at radius 2 is 2.27 bits per heavy atom. The summed E-state index contributed by atoms with van der Waals surface area (Å²) in [5.41, 5.74) is 3.25. The molecule has 0 aliphatic carbocycles. The molecule has 2 nitrogen and oxygen atoms in total. The maximum Gasteiger partial charge on any atom is 0.150 e. The van der Waals surface area contributed by atoms with E-state index in [-0.39, 0.29) is 0 Å². The van der Waals surface area contributed by atoms with E-state index in [0.29, 0.717) is 6.04 Å². The zero-order valence-electron chi connectivity index (χ0n) is 9.36. The fraction of sp³-hybridized carbons (Fsp3) is 0.462. The summed E-state index contributed by atoms with van der Waals surface area (Å²) in [6.07, 6.45) is 3.45. The summed E-state index contributed by atoms with van der Waals surface area (Å²) in [6, 6.07) is 6.57. The normalized spacial score (nSPS) is 20.7. The van der Waals surface area contributed by atoms with Crippen LogP contribution in [-0.2, 0) is 0 Å². The first-order chi connectivity index (χ1) is 7.22. The van der Waals surface area contributed by atoms with E-state index >= 15 is 0 Å². The minimum Gasteiger partial charge on any atom is -0.369 e. The molecule has 1 fully saturated rings. The van der Waals surface area contributed by atoms with Gasteiger partial charge in [0.05, 0.1) is 0 Å². The molecule has 1 aliphatic heterocycles. The largest absolute Gasteiger partial charge is 0.369 e. The van der Waals surface area contributed by atoms with Crippen molar-refractivity contribution in [2.45, 2.75) is 32.7 Å². The van der Waals surface area contributed by atoms with E-state index in [4.69, 9.17) is 0 Å². The summed E-state index contributed by atoms with van der Waals surface area (Å²) in [4.78, 5) is 13.1. The number of benzene rings is 1. The Hall–Kier alpha value is -1.31. The summed E-state index contributed by atoms with van der Waals surface area (Å²) >= 11 is 0. The van der Waals surface area contributed by atoms with Gasteiger partial charge >= 0.3 is 0 Å². The molecular formula is C13H17NO. The molecule has 1 aliphatic rings. The van der Waals surface area contributed by atoms with Crippen molar-refractivity contribution in [3.05, 3.63) is 29.3 Å². The van der Waals surface area contributed by atoms with Gasteiger partial charge in [-0.05, 0) is 50.5 Å². The maximum atomic E-state index is 10.6. The molecule has 0 N–H and O–H groups in total. The molecule has 0 bridgehead atoms. The zero-order valence-corrected chi connectivity index (χ0v) is 9.36. The summed E-state index contributed by atoms with van der Waals surface area (Å²) in [7, 11) is 0. The minimum atomic E-state index is 0.630. The Morgan fingerprint density at radius 1 is 1.47 bits per heavy atom. The van der Waals surface area contributed by atoms with Crippen LogP contribution in [0, 0.1) is 6.92 Å². The summed E-state index contributed by atoms with van der Waals surface area (Å²) in [5.74, 6) is 0. The summed E-state index contributed by atoms with van der Waals surface area (Å²) < 4.78 is 0. The number of anilines is 1. The lowest BCUT2D eigenvalue weighted by Crippen LogP contribution is -2.26. The lowest BCUT2D eigenvalue weighted by molar-refractivity contribution is 0.112. The van der Waals surface area contributed by atoms with Crippen LogP contribution in [0.3, 0.4) is 0 Å². The van der Waals surface area contributed by atoms with Crippen molar-refractivity contribution in [2.75, 3.05) is 11.4 Å². The third-order valence-corrected chi connectivity index (χ3v) is 3.22. The van der Waals surface area contributed by atoms with Crippen LogP contribution in [0.25, 0.3) is 0 Å². The predicted molar refractivity (Wildman–Crippen MR) is 62.6 cm³/mol. The molecule has 0 saturated carbocycles. The molecule has 1 aromatic rings. The van der Waals surface area contributed by atoms with E-state index in [0.717, 1.165) is 18.4 Å². The van der Waals surface area contributed by atoms with Crippen molar-refractivity contribution in [1.29, 1.82) is 0 Å². The molecule has 1 heterocycles. The van der Waals surface area contributed by atoms with Crippen LogP contribution in [0.4, 0.5) is 5.69 Å². The van der Waals surface area contributed by atoms with Gasteiger partial charge in [0.1, 0.15) is 6.29 Å². The Kier molecular flexibility index (Phi) is 2.76. The van der Waals surface area contributed by atoms with Gasteiger partial charge in [-0.25, -0.2) is 0 Å². The fourth-order valence-corrected chi connectivity index (χ4v) is 2.37. The quantitative estimate of drug-likeness (QED) is 0.689. The number of nitrogens with zero attached hydrogens (tertiary/aromatic N) is 1. The smallest absolute Gasteiger partial charge is 0.150 e. The monoisotopic (exact) mass is 203 g/mol. The van der Waals surface area contributed by atoms with Gasteiger partial charge in [-0.3, -0.25) is 4.79 Å². The topological polar surface area (TPSA) is 20.3 Å². The predicted octanol–water partition coefficient (Wildman–Crippen LogP) is 2.80. The Labute approximate surface area is 90.9 Å². The van der Waals surface area contributed by atoms with Crippen molar-refractivity contribution < 1.29 is 4.79 Å². The number of rotatable bonds is 2. The third kappa shape index (κ3) is 1.89. The second kappa shape index (κ2) is 4.05. The van der Waals surface area contributed by atoms with E-state index in [1.807, 2.05) is 12.1 Å². The maximum absolute atomic E-state index is 10.6. The van der Waals surface area contributed by atoms with Crippen molar-refractivity contribution in [3.63, 3.8) is 0 Å². The number of carbonyl (C=O) groups excluding carboxylic acids is 1. The van der Waals surface area contributed by atoms with E-state index in [1.54, 1.807) is 0 Å². The van der Waals surface area contributed by atoms with Crippen molar-refractivity contribution in [2.24, 2.45) is 0 Å². The first kappa shape index (κ1) is 10.2. The highest BCUT2D eigenvalue weighted by atomic mass is 16.1. The van der Waals surface area contributed by atoms with Crippen LogP contribution in [0.5, 0.6) is 0 Å².